The van der Waals surface area contributed by atoms with Crippen molar-refractivity contribution >= 4 is 5.91 Å². The van der Waals surface area contributed by atoms with Gasteiger partial charge in [0.2, 0.25) is 0 Å². The Hall–Kier alpha value is -1.55. The Morgan fingerprint density at radius 1 is 1.32 bits per heavy atom. The van der Waals surface area contributed by atoms with Crippen molar-refractivity contribution in [1.82, 2.24) is 4.90 Å². The average Bonchev–Trinajstić information content (AvgIpc) is 2.46. The highest BCUT2D eigenvalue weighted by Crippen LogP contribution is 2.24. The number of benzene rings is 1. The van der Waals surface area contributed by atoms with Crippen molar-refractivity contribution in [2.45, 2.75) is 37.8 Å². The number of methoxy groups -OCH3 is 1. The fourth-order valence-electron chi connectivity index (χ4n) is 2.57. The van der Waals surface area contributed by atoms with E-state index in [2.05, 4.69) is 0 Å². The number of nitrogens with zero attached hydrogens (tertiary/aromatic N) is 1. The molecule has 1 aromatic carbocycles. The summed E-state index contributed by atoms with van der Waals surface area (Å²) in [4.78, 5) is 14.2. The normalized spacial score (nSPS) is 22.9. The monoisotopic (exact) mass is 263 g/mol. The summed E-state index contributed by atoms with van der Waals surface area (Å²) in [6, 6.07) is 7.44. The van der Waals surface area contributed by atoms with Crippen LogP contribution in [0.25, 0.3) is 0 Å². The number of amides is 1. The van der Waals surface area contributed by atoms with Crippen molar-refractivity contribution in [3.05, 3.63) is 29.8 Å². The first kappa shape index (κ1) is 13.9. The molecule has 0 saturated heterocycles. The van der Waals surface area contributed by atoms with Crippen molar-refractivity contribution in [2.75, 3.05) is 14.2 Å². The summed E-state index contributed by atoms with van der Waals surface area (Å²) in [5, 5.41) is 9.51. The lowest BCUT2D eigenvalue weighted by atomic mass is 9.92. The molecule has 1 N–H and O–H groups in total. The summed E-state index contributed by atoms with van der Waals surface area (Å²) in [6.07, 6.45) is 3.10. The van der Waals surface area contributed by atoms with Crippen LogP contribution in [-0.2, 0) is 0 Å². The van der Waals surface area contributed by atoms with Gasteiger partial charge >= 0.3 is 0 Å². The second-order valence-electron chi connectivity index (χ2n) is 5.11. The number of ether oxygens (including phenoxy) is 1. The Labute approximate surface area is 114 Å². The first-order valence-corrected chi connectivity index (χ1v) is 6.71. The smallest absolute Gasteiger partial charge is 0.253 e. The Morgan fingerprint density at radius 3 is 2.63 bits per heavy atom. The molecule has 1 saturated carbocycles. The molecule has 0 aromatic heterocycles. The average molecular weight is 263 g/mol. The Bertz CT molecular complexity index is 439. The third-order valence-corrected chi connectivity index (χ3v) is 3.85. The van der Waals surface area contributed by atoms with Crippen molar-refractivity contribution < 1.29 is 14.6 Å². The third kappa shape index (κ3) is 3.26. The van der Waals surface area contributed by atoms with Crippen LogP contribution in [0.4, 0.5) is 0 Å². The minimum atomic E-state index is -0.198. The van der Waals surface area contributed by atoms with E-state index in [1.807, 2.05) is 19.2 Å². The summed E-state index contributed by atoms with van der Waals surface area (Å²) in [5.74, 6) is 0.707. The van der Waals surface area contributed by atoms with Gasteiger partial charge in [0.05, 0.1) is 13.2 Å². The van der Waals surface area contributed by atoms with Crippen LogP contribution >= 0.6 is 0 Å². The van der Waals surface area contributed by atoms with Gasteiger partial charge in [-0.2, -0.15) is 0 Å². The van der Waals surface area contributed by atoms with Gasteiger partial charge in [0.15, 0.2) is 0 Å². The highest BCUT2D eigenvalue weighted by atomic mass is 16.5. The molecule has 0 aliphatic heterocycles. The van der Waals surface area contributed by atoms with Crippen LogP contribution in [-0.4, -0.2) is 42.2 Å². The van der Waals surface area contributed by atoms with Gasteiger partial charge in [0, 0.05) is 18.7 Å². The van der Waals surface area contributed by atoms with Crippen molar-refractivity contribution in [3.8, 4) is 5.75 Å². The molecule has 0 bridgehead atoms. The third-order valence-electron chi connectivity index (χ3n) is 3.85. The molecule has 1 aliphatic rings. The van der Waals surface area contributed by atoms with Gasteiger partial charge in [0.25, 0.3) is 5.91 Å². The van der Waals surface area contributed by atoms with Crippen LogP contribution in [0.2, 0.25) is 0 Å². The lowest BCUT2D eigenvalue weighted by Gasteiger charge is -2.33. The number of aliphatic hydroxyl groups is 1. The van der Waals surface area contributed by atoms with Gasteiger partial charge < -0.3 is 14.7 Å². The molecule has 1 aromatic rings. The predicted molar refractivity (Wildman–Crippen MR) is 73.4 cm³/mol. The van der Waals surface area contributed by atoms with E-state index in [1.165, 1.54) is 0 Å². The molecule has 4 heteroatoms. The Morgan fingerprint density at radius 2 is 2.00 bits per heavy atom. The first-order chi connectivity index (χ1) is 9.11. The molecule has 4 nitrogen and oxygen atoms in total. The van der Waals surface area contributed by atoms with Crippen LogP contribution < -0.4 is 4.74 Å². The lowest BCUT2D eigenvalue weighted by molar-refractivity contribution is 0.0569. The van der Waals surface area contributed by atoms with Crippen molar-refractivity contribution in [3.63, 3.8) is 0 Å². The maximum atomic E-state index is 12.4. The number of carbonyl (C=O) groups is 1. The molecular weight excluding hydrogens is 242 g/mol. The van der Waals surface area contributed by atoms with Gasteiger partial charge in [-0.15, -0.1) is 0 Å². The predicted octanol–water partition coefficient (Wildman–Crippen LogP) is 2.07. The maximum Gasteiger partial charge on any atom is 0.253 e. The van der Waals surface area contributed by atoms with E-state index in [1.54, 1.807) is 24.1 Å². The highest BCUT2D eigenvalue weighted by molar-refractivity contribution is 5.94. The van der Waals surface area contributed by atoms with E-state index in [0.29, 0.717) is 11.3 Å². The van der Waals surface area contributed by atoms with Gasteiger partial charge in [-0.25, -0.2) is 0 Å². The van der Waals surface area contributed by atoms with Crippen molar-refractivity contribution in [1.29, 1.82) is 0 Å². The Balaban J connectivity index is 2.05. The van der Waals surface area contributed by atoms with Crippen LogP contribution in [0.3, 0.4) is 0 Å². The molecule has 0 heterocycles. The second kappa shape index (κ2) is 6.06. The summed E-state index contributed by atoms with van der Waals surface area (Å²) in [7, 11) is 3.43. The molecule has 19 heavy (non-hydrogen) atoms. The van der Waals surface area contributed by atoms with E-state index in [9.17, 15) is 9.90 Å². The fourth-order valence-corrected chi connectivity index (χ4v) is 2.57. The SMILES string of the molecule is COc1cccc(C(=O)N(C)C2CCC(O)CC2)c1. The molecule has 1 fully saturated rings. The number of aliphatic hydroxyl groups excluding tert-OH is 1. The zero-order chi connectivity index (χ0) is 13.8. The minimum Gasteiger partial charge on any atom is -0.497 e. The van der Waals surface area contributed by atoms with Crippen LogP contribution in [0.15, 0.2) is 24.3 Å². The molecule has 1 aliphatic carbocycles. The van der Waals surface area contributed by atoms with Crippen LogP contribution in [0.5, 0.6) is 5.75 Å². The van der Waals surface area contributed by atoms with E-state index < -0.39 is 0 Å². The van der Waals surface area contributed by atoms with Gasteiger partial charge in [0.1, 0.15) is 5.75 Å². The van der Waals surface area contributed by atoms with E-state index in [0.717, 1.165) is 25.7 Å². The standard InChI is InChI=1S/C15H21NO3/c1-16(12-6-8-13(17)9-7-12)15(18)11-4-3-5-14(10-11)19-2/h3-5,10,12-13,17H,6-9H2,1-2H3. The zero-order valence-electron chi connectivity index (χ0n) is 11.5. The van der Waals surface area contributed by atoms with E-state index in [-0.39, 0.29) is 18.1 Å². The minimum absolute atomic E-state index is 0.0142. The first-order valence-electron chi connectivity index (χ1n) is 6.71. The van der Waals surface area contributed by atoms with E-state index >= 15 is 0 Å². The molecule has 0 unspecified atom stereocenters. The second-order valence-corrected chi connectivity index (χ2v) is 5.11. The van der Waals surface area contributed by atoms with Crippen LogP contribution in [0.1, 0.15) is 36.0 Å². The van der Waals surface area contributed by atoms with Gasteiger partial charge in [-0.05, 0) is 43.9 Å². The maximum absolute atomic E-state index is 12.4. The summed E-state index contributed by atoms with van der Waals surface area (Å²) >= 11 is 0. The number of carbonyl (C=O) groups excluding carboxylic acids is 1. The highest BCUT2D eigenvalue weighted by Gasteiger charge is 2.26. The quantitative estimate of drug-likeness (QED) is 0.908. The fraction of sp³-hybridized carbons (Fsp3) is 0.533. The summed E-state index contributed by atoms with van der Waals surface area (Å²) < 4.78 is 5.14. The molecular formula is C15H21NO3. The number of hydrogen-bond donors (Lipinski definition) is 1. The summed E-state index contributed by atoms with van der Waals surface area (Å²) in [5.41, 5.74) is 0.646. The molecule has 0 radical (unpaired) electrons. The largest absolute Gasteiger partial charge is 0.497 e. The van der Waals surface area contributed by atoms with Crippen molar-refractivity contribution in [2.24, 2.45) is 0 Å². The summed E-state index contributed by atoms with van der Waals surface area (Å²) in [6.45, 7) is 0. The van der Waals surface area contributed by atoms with E-state index in [4.69, 9.17) is 4.74 Å². The topological polar surface area (TPSA) is 49.8 Å². The number of hydrogen-bond acceptors (Lipinski definition) is 3. The zero-order valence-corrected chi connectivity index (χ0v) is 11.5. The molecule has 2 rings (SSSR count). The molecule has 1 amide bonds. The molecule has 0 spiro atoms. The molecule has 0 atom stereocenters. The lowest BCUT2D eigenvalue weighted by Crippen LogP contribution is -2.40. The van der Waals surface area contributed by atoms with Crippen LogP contribution in [0, 0.1) is 0 Å². The molecule has 104 valence electrons. The number of rotatable bonds is 3. The Kier molecular flexibility index (Phi) is 4.43. The van der Waals surface area contributed by atoms with Gasteiger partial charge in [-0.1, -0.05) is 6.07 Å². The van der Waals surface area contributed by atoms with Gasteiger partial charge in [-0.3, -0.25) is 4.79 Å².